The number of aryl methyl sites for hydroxylation is 1. The second kappa shape index (κ2) is 4.67. The average Bonchev–Trinajstić information content (AvgIpc) is 2.78. The zero-order valence-electron chi connectivity index (χ0n) is 11.5. The maximum Gasteiger partial charge on any atom is 0.243 e. The molecule has 0 heterocycles. The maximum absolute atomic E-state index is 12.0. The number of primary amides is 1. The highest BCUT2D eigenvalue weighted by Crippen LogP contribution is 2.33. The van der Waals surface area contributed by atoms with E-state index in [9.17, 15) is 4.79 Å². The zero-order chi connectivity index (χ0) is 14.2. The summed E-state index contributed by atoms with van der Waals surface area (Å²) in [5, 5.41) is 3.37. The number of fused-ring (bicyclic) bond motifs is 1. The van der Waals surface area contributed by atoms with Gasteiger partial charge in [-0.3, -0.25) is 4.79 Å². The van der Waals surface area contributed by atoms with Gasteiger partial charge in [0.05, 0.1) is 0 Å². The molecule has 3 rings (SSSR count). The maximum atomic E-state index is 12.0. The van der Waals surface area contributed by atoms with Crippen molar-refractivity contribution in [2.75, 3.05) is 5.32 Å². The Kier molecular flexibility index (Phi) is 2.97. The smallest absolute Gasteiger partial charge is 0.243 e. The number of rotatable bonds is 3. The lowest BCUT2D eigenvalue weighted by molar-refractivity contribution is -0.122. The van der Waals surface area contributed by atoms with Crippen LogP contribution in [0.25, 0.3) is 0 Å². The molecule has 2 aromatic carbocycles. The van der Waals surface area contributed by atoms with E-state index in [-0.39, 0.29) is 5.91 Å². The minimum Gasteiger partial charge on any atom is -0.371 e. The van der Waals surface area contributed by atoms with Crippen molar-refractivity contribution in [3.63, 3.8) is 0 Å². The third-order valence-electron chi connectivity index (χ3n) is 3.98. The molecule has 3 heteroatoms. The molecule has 0 saturated heterocycles. The summed E-state index contributed by atoms with van der Waals surface area (Å²) >= 11 is 0. The summed E-state index contributed by atoms with van der Waals surface area (Å²) in [6, 6.07) is 16.2. The van der Waals surface area contributed by atoms with Gasteiger partial charge in [-0.05, 0) is 35.7 Å². The summed E-state index contributed by atoms with van der Waals surface area (Å²) in [6.45, 7) is 2.03. The van der Waals surface area contributed by atoms with Gasteiger partial charge in [0.15, 0.2) is 0 Å². The summed E-state index contributed by atoms with van der Waals surface area (Å²) in [6.07, 6.45) is 1.29. The van der Waals surface area contributed by atoms with E-state index in [1.165, 1.54) is 11.1 Å². The van der Waals surface area contributed by atoms with Crippen LogP contribution in [0, 0.1) is 6.92 Å². The molecule has 3 nitrogen and oxygen atoms in total. The molecule has 0 fully saturated rings. The number of hydrogen-bond donors (Lipinski definition) is 2. The number of amides is 1. The summed E-state index contributed by atoms with van der Waals surface area (Å²) in [7, 11) is 0. The van der Waals surface area contributed by atoms with Gasteiger partial charge in [0.25, 0.3) is 0 Å². The van der Waals surface area contributed by atoms with Crippen molar-refractivity contribution in [2.45, 2.75) is 25.3 Å². The number of anilines is 1. The first-order chi connectivity index (χ1) is 9.59. The van der Waals surface area contributed by atoms with Gasteiger partial charge >= 0.3 is 0 Å². The van der Waals surface area contributed by atoms with Crippen molar-refractivity contribution in [3.05, 3.63) is 65.2 Å². The first kappa shape index (κ1) is 12.7. The van der Waals surface area contributed by atoms with Gasteiger partial charge in [-0.15, -0.1) is 0 Å². The molecule has 2 aromatic rings. The second-order valence-electron chi connectivity index (χ2n) is 5.56. The average molecular weight is 266 g/mol. The first-order valence-electron chi connectivity index (χ1n) is 6.81. The summed E-state index contributed by atoms with van der Waals surface area (Å²) < 4.78 is 0. The zero-order valence-corrected chi connectivity index (χ0v) is 11.5. The van der Waals surface area contributed by atoms with Gasteiger partial charge < -0.3 is 11.1 Å². The minimum atomic E-state index is -0.711. The lowest BCUT2D eigenvalue weighted by atomic mass is 9.94. The van der Waals surface area contributed by atoms with Crippen molar-refractivity contribution < 1.29 is 4.79 Å². The van der Waals surface area contributed by atoms with Gasteiger partial charge in [-0.1, -0.05) is 36.4 Å². The van der Waals surface area contributed by atoms with Crippen molar-refractivity contribution >= 4 is 11.6 Å². The van der Waals surface area contributed by atoms with Crippen LogP contribution in [0.3, 0.4) is 0 Å². The van der Waals surface area contributed by atoms with Gasteiger partial charge in [-0.25, -0.2) is 0 Å². The molecule has 102 valence electrons. The third-order valence-corrected chi connectivity index (χ3v) is 3.98. The van der Waals surface area contributed by atoms with E-state index < -0.39 is 5.54 Å². The molecule has 0 aliphatic heterocycles. The van der Waals surface area contributed by atoms with Crippen LogP contribution in [-0.4, -0.2) is 11.4 Å². The molecular formula is C17H18N2O. The first-order valence-corrected chi connectivity index (χ1v) is 6.81. The molecule has 1 aliphatic rings. The van der Waals surface area contributed by atoms with Crippen LogP contribution in [0.1, 0.15) is 16.7 Å². The van der Waals surface area contributed by atoms with Crippen LogP contribution in [-0.2, 0) is 17.6 Å². The Balaban J connectivity index is 1.94. The lowest BCUT2D eigenvalue weighted by Gasteiger charge is -2.28. The Hall–Kier alpha value is -2.29. The predicted octanol–water partition coefficient (Wildman–Crippen LogP) is 2.43. The van der Waals surface area contributed by atoms with Gasteiger partial charge in [0.1, 0.15) is 5.54 Å². The van der Waals surface area contributed by atoms with E-state index in [4.69, 9.17) is 5.73 Å². The van der Waals surface area contributed by atoms with Crippen molar-refractivity contribution in [2.24, 2.45) is 5.73 Å². The van der Waals surface area contributed by atoms with E-state index >= 15 is 0 Å². The quantitative estimate of drug-likeness (QED) is 0.896. The SMILES string of the molecule is Cc1cccc(NC2(C(N)=O)Cc3ccccc3C2)c1. The molecule has 0 saturated carbocycles. The fraction of sp³-hybridized carbons (Fsp3) is 0.235. The standard InChI is InChI=1S/C17H18N2O/c1-12-5-4-8-15(9-12)19-17(16(18)20)10-13-6-2-3-7-14(13)11-17/h2-9,19H,10-11H2,1H3,(H2,18,20). The summed E-state index contributed by atoms with van der Waals surface area (Å²) in [5.41, 5.74) is 9.49. The number of nitrogens with one attached hydrogen (secondary N) is 1. The summed E-state index contributed by atoms with van der Waals surface area (Å²) in [4.78, 5) is 12.0. The molecule has 0 atom stereocenters. The highest BCUT2D eigenvalue weighted by molar-refractivity contribution is 5.90. The van der Waals surface area contributed by atoms with E-state index in [0.717, 1.165) is 11.3 Å². The summed E-state index contributed by atoms with van der Waals surface area (Å²) in [5.74, 6) is -0.296. The van der Waals surface area contributed by atoms with Crippen LogP contribution in [0.4, 0.5) is 5.69 Å². The number of carbonyl (C=O) groups excluding carboxylic acids is 1. The molecule has 0 radical (unpaired) electrons. The number of nitrogens with two attached hydrogens (primary N) is 1. The van der Waals surface area contributed by atoms with E-state index in [0.29, 0.717) is 12.8 Å². The van der Waals surface area contributed by atoms with Crippen LogP contribution in [0.15, 0.2) is 48.5 Å². The van der Waals surface area contributed by atoms with E-state index in [2.05, 4.69) is 17.4 Å². The monoisotopic (exact) mass is 266 g/mol. The van der Waals surface area contributed by atoms with Gasteiger partial charge in [0, 0.05) is 18.5 Å². The Labute approximate surface area is 118 Å². The van der Waals surface area contributed by atoms with Crippen molar-refractivity contribution in [1.82, 2.24) is 0 Å². The van der Waals surface area contributed by atoms with Gasteiger partial charge in [0.2, 0.25) is 5.91 Å². The second-order valence-corrected chi connectivity index (χ2v) is 5.56. The molecule has 0 spiro atoms. The number of benzene rings is 2. The third kappa shape index (κ3) is 2.16. The Morgan fingerprint density at radius 1 is 1.10 bits per heavy atom. The van der Waals surface area contributed by atoms with E-state index in [1.807, 2.05) is 43.3 Å². The molecule has 0 aromatic heterocycles. The highest BCUT2D eigenvalue weighted by Gasteiger charge is 2.42. The molecule has 3 N–H and O–H groups in total. The van der Waals surface area contributed by atoms with Crippen LogP contribution < -0.4 is 11.1 Å². The largest absolute Gasteiger partial charge is 0.371 e. The van der Waals surface area contributed by atoms with Gasteiger partial charge in [-0.2, -0.15) is 0 Å². The topological polar surface area (TPSA) is 55.1 Å². The van der Waals surface area contributed by atoms with E-state index in [1.54, 1.807) is 0 Å². The molecule has 1 amide bonds. The predicted molar refractivity (Wildman–Crippen MR) is 80.6 cm³/mol. The Bertz CT molecular complexity index is 639. The van der Waals surface area contributed by atoms with Crippen LogP contribution in [0.2, 0.25) is 0 Å². The molecule has 20 heavy (non-hydrogen) atoms. The Morgan fingerprint density at radius 2 is 1.75 bits per heavy atom. The number of carbonyl (C=O) groups is 1. The van der Waals surface area contributed by atoms with Crippen molar-refractivity contribution in [3.8, 4) is 0 Å². The normalized spacial score (nSPS) is 15.7. The Morgan fingerprint density at radius 3 is 2.30 bits per heavy atom. The molecule has 0 unspecified atom stereocenters. The lowest BCUT2D eigenvalue weighted by Crippen LogP contribution is -2.51. The molecule has 0 bridgehead atoms. The van der Waals surface area contributed by atoms with Crippen molar-refractivity contribution in [1.29, 1.82) is 0 Å². The number of hydrogen-bond acceptors (Lipinski definition) is 2. The van der Waals surface area contributed by atoms with Crippen LogP contribution >= 0.6 is 0 Å². The fourth-order valence-electron chi connectivity index (χ4n) is 2.94. The highest BCUT2D eigenvalue weighted by atomic mass is 16.1. The minimum absolute atomic E-state index is 0.296. The fourth-order valence-corrected chi connectivity index (χ4v) is 2.94. The van der Waals surface area contributed by atoms with Crippen LogP contribution in [0.5, 0.6) is 0 Å². The molecule has 1 aliphatic carbocycles. The molecular weight excluding hydrogens is 248 g/mol.